The number of furan rings is 1. The van der Waals surface area contributed by atoms with E-state index in [0.29, 0.717) is 16.7 Å². The molecule has 1 amide bonds. The van der Waals surface area contributed by atoms with E-state index < -0.39 is 0 Å². The number of rotatable bonds is 6. The van der Waals surface area contributed by atoms with Gasteiger partial charge in [-0.2, -0.15) is 0 Å². The number of benzene rings is 1. The highest BCUT2D eigenvalue weighted by molar-refractivity contribution is 7.99. The van der Waals surface area contributed by atoms with Crippen LogP contribution in [0.2, 0.25) is 0 Å². The minimum atomic E-state index is -0.0304. The fourth-order valence-corrected chi connectivity index (χ4v) is 3.00. The van der Waals surface area contributed by atoms with Crippen molar-refractivity contribution in [2.24, 2.45) is 0 Å². The van der Waals surface area contributed by atoms with Crippen LogP contribution in [0.4, 0.5) is 0 Å². The van der Waals surface area contributed by atoms with Gasteiger partial charge in [-0.25, -0.2) is 0 Å². The lowest BCUT2D eigenvalue weighted by Crippen LogP contribution is -2.31. The van der Waals surface area contributed by atoms with Gasteiger partial charge in [0.2, 0.25) is 11.7 Å². The van der Waals surface area contributed by atoms with E-state index in [1.165, 1.54) is 11.8 Å². The van der Waals surface area contributed by atoms with Gasteiger partial charge in [-0.15, -0.1) is 10.2 Å². The van der Waals surface area contributed by atoms with E-state index in [2.05, 4.69) is 15.5 Å². The Morgan fingerprint density at radius 3 is 2.67 bits per heavy atom. The summed E-state index contributed by atoms with van der Waals surface area (Å²) < 4.78 is 7.36. The Morgan fingerprint density at radius 1 is 1.21 bits per heavy atom. The van der Waals surface area contributed by atoms with Crippen LogP contribution in [0, 0.1) is 0 Å². The Morgan fingerprint density at radius 2 is 2.00 bits per heavy atom. The molecule has 0 saturated carbocycles. The summed E-state index contributed by atoms with van der Waals surface area (Å²) in [5.41, 5.74) is 0.917. The number of hydrogen-bond acceptors (Lipinski definition) is 5. The highest BCUT2D eigenvalue weighted by Crippen LogP contribution is 2.27. The van der Waals surface area contributed by atoms with Crippen molar-refractivity contribution in [3.8, 4) is 17.3 Å². The number of aromatic nitrogens is 3. The van der Waals surface area contributed by atoms with E-state index in [0.717, 1.165) is 5.69 Å². The highest BCUT2D eigenvalue weighted by atomic mass is 32.2. The molecule has 0 aliphatic rings. The van der Waals surface area contributed by atoms with Crippen molar-refractivity contribution in [3.63, 3.8) is 0 Å². The number of hydrogen-bond donors (Lipinski definition) is 1. The highest BCUT2D eigenvalue weighted by Gasteiger charge is 2.18. The summed E-state index contributed by atoms with van der Waals surface area (Å²) in [5.74, 6) is 1.49. The first-order valence-electron chi connectivity index (χ1n) is 7.62. The second-order valence-corrected chi connectivity index (χ2v) is 6.41. The first-order valence-corrected chi connectivity index (χ1v) is 8.60. The van der Waals surface area contributed by atoms with Crippen LogP contribution in [-0.2, 0) is 4.79 Å². The summed E-state index contributed by atoms with van der Waals surface area (Å²) in [4.78, 5) is 11.9. The maximum absolute atomic E-state index is 11.9. The molecule has 0 saturated heterocycles. The Balaban J connectivity index is 1.91. The standard InChI is InChI=1S/C17H18N4O2S/c1-12(2)18-15(22)11-24-17-20-19-16(14-9-6-10-23-14)21(17)13-7-4-3-5-8-13/h3-10,12H,11H2,1-2H3,(H,18,22). The summed E-state index contributed by atoms with van der Waals surface area (Å²) in [5, 5.41) is 12.0. The van der Waals surface area contributed by atoms with Gasteiger partial charge in [0.15, 0.2) is 10.9 Å². The Hall–Kier alpha value is -2.54. The molecule has 0 aliphatic carbocycles. The zero-order chi connectivity index (χ0) is 16.9. The number of para-hydroxylation sites is 1. The Labute approximate surface area is 144 Å². The molecule has 0 fully saturated rings. The van der Waals surface area contributed by atoms with Crippen molar-refractivity contribution in [3.05, 3.63) is 48.7 Å². The summed E-state index contributed by atoms with van der Waals surface area (Å²) in [6, 6.07) is 13.5. The Kier molecular flexibility index (Phi) is 5.00. The molecule has 2 heterocycles. The fourth-order valence-electron chi connectivity index (χ4n) is 2.23. The van der Waals surface area contributed by atoms with Gasteiger partial charge in [0.25, 0.3) is 0 Å². The first-order chi connectivity index (χ1) is 11.6. The lowest BCUT2D eigenvalue weighted by atomic mass is 10.3. The maximum atomic E-state index is 11.9. The number of thioether (sulfide) groups is 1. The van der Waals surface area contributed by atoms with Crippen LogP contribution in [0.5, 0.6) is 0 Å². The molecule has 1 N–H and O–H groups in total. The number of carbonyl (C=O) groups is 1. The third-order valence-corrected chi connectivity index (χ3v) is 4.10. The van der Waals surface area contributed by atoms with Crippen LogP contribution in [0.25, 0.3) is 17.3 Å². The van der Waals surface area contributed by atoms with E-state index in [4.69, 9.17) is 4.42 Å². The number of amides is 1. The average Bonchev–Trinajstić information content (AvgIpc) is 3.22. The lowest BCUT2D eigenvalue weighted by Gasteiger charge is -2.10. The first kappa shape index (κ1) is 16.3. The second-order valence-electron chi connectivity index (χ2n) is 5.47. The average molecular weight is 342 g/mol. The van der Waals surface area contributed by atoms with Crippen molar-refractivity contribution >= 4 is 17.7 Å². The van der Waals surface area contributed by atoms with E-state index in [-0.39, 0.29) is 17.7 Å². The number of carbonyl (C=O) groups excluding carboxylic acids is 1. The predicted octanol–water partition coefficient (Wildman–Crippen LogP) is 3.14. The molecule has 0 radical (unpaired) electrons. The molecule has 24 heavy (non-hydrogen) atoms. The van der Waals surface area contributed by atoms with Crippen LogP contribution in [0.15, 0.2) is 58.3 Å². The van der Waals surface area contributed by atoms with E-state index >= 15 is 0 Å². The van der Waals surface area contributed by atoms with Crippen molar-refractivity contribution in [2.45, 2.75) is 25.0 Å². The molecular weight excluding hydrogens is 324 g/mol. The van der Waals surface area contributed by atoms with Crippen molar-refractivity contribution in [1.82, 2.24) is 20.1 Å². The van der Waals surface area contributed by atoms with Gasteiger partial charge in [-0.05, 0) is 38.1 Å². The number of nitrogens with one attached hydrogen (secondary N) is 1. The smallest absolute Gasteiger partial charge is 0.230 e. The minimum absolute atomic E-state index is 0.0304. The summed E-state index contributed by atoms with van der Waals surface area (Å²) >= 11 is 1.35. The molecule has 3 aromatic rings. The monoisotopic (exact) mass is 342 g/mol. The van der Waals surface area contributed by atoms with E-state index in [9.17, 15) is 4.79 Å². The van der Waals surface area contributed by atoms with Gasteiger partial charge in [0, 0.05) is 11.7 Å². The van der Waals surface area contributed by atoms with Gasteiger partial charge in [-0.1, -0.05) is 30.0 Å². The van der Waals surface area contributed by atoms with Gasteiger partial charge in [-0.3, -0.25) is 9.36 Å². The molecule has 0 atom stereocenters. The maximum Gasteiger partial charge on any atom is 0.230 e. The molecule has 0 unspecified atom stereocenters. The molecule has 0 spiro atoms. The van der Waals surface area contributed by atoms with Gasteiger partial charge >= 0.3 is 0 Å². The van der Waals surface area contributed by atoms with Crippen molar-refractivity contribution < 1.29 is 9.21 Å². The van der Waals surface area contributed by atoms with E-state index in [1.54, 1.807) is 6.26 Å². The minimum Gasteiger partial charge on any atom is -0.461 e. The molecule has 6 nitrogen and oxygen atoms in total. The quantitative estimate of drug-likeness (QED) is 0.697. The second kappa shape index (κ2) is 7.35. The van der Waals surface area contributed by atoms with Crippen LogP contribution < -0.4 is 5.32 Å². The van der Waals surface area contributed by atoms with Crippen molar-refractivity contribution in [2.75, 3.05) is 5.75 Å². The van der Waals surface area contributed by atoms with Crippen LogP contribution >= 0.6 is 11.8 Å². The van der Waals surface area contributed by atoms with Crippen molar-refractivity contribution in [1.29, 1.82) is 0 Å². The summed E-state index contributed by atoms with van der Waals surface area (Å²) in [7, 11) is 0. The van der Waals surface area contributed by atoms with Crippen LogP contribution in [0.3, 0.4) is 0 Å². The molecule has 2 aromatic heterocycles. The summed E-state index contributed by atoms with van der Waals surface area (Å²) in [6.07, 6.45) is 1.60. The molecule has 7 heteroatoms. The van der Waals surface area contributed by atoms with Gasteiger partial charge in [0.05, 0.1) is 12.0 Å². The summed E-state index contributed by atoms with van der Waals surface area (Å²) in [6.45, 7) is 3.87. The molecule has 0 aliphatic heterocycles. The van der Waals surface area contributed by atoms with E-state index in [1.807, 2.05) is 60.9 Å². The SMILES string of the molecule is CC(C)NC(=O)CSc1nnc(-c2ccco2)n1-c1ccccc1. The van der Waals surface area contributed by atoms with Gasteiger partial charge < -0.3 is 9.73 Å². The predicted molar refractivity (Wildman–Crippen MR) is 93.1 cm³/mol. The zero-order valence-corrected chi connectivity index (χ0v) is 14.3. The molecular formula is C17H18N4O2S. The molecule has 1 aromatic carbocycles. The third-order valence-electron chi connectivity index (χ3n) is 3.17. The molecule has 124 valence electrons. The Bertz CT molecular complexity index is 797. The topological polar surface area (TPSA) is 73.0 Å². The fraction of sp³-hybridized carbons (Fsp3) is 0.235. The lowest BCUT2D eigenvalue weighted by molar-refractivity contribution is -0.119. The largest absolute Gasteiger partial charge is 0.461 e. The normalized spacial score (nSPS) is 11.0. The third kappa shape index (κ3) is 3.68. The van der Waals surface area contributed by atoms with Gasteiger partial charge in [0.1, 0.15) is 0 Å². The van der Waals surface area contributed by atoms with Crippen LogP contribution in [-0.4, -0.2) is 32.5 Å². The zero-order valence-electron chi connectivity index (χ0n) is 13.5. The molecule has 3 rings (SSSR count). The molecule has 0 bridgehead atoms. The van der Waals surface area contributed by atoms with Crippen LogP contribution in [0.1, 0.15) is 13.8 Å². The number of nitrogens with zero attached hydrogens (tertiary/aromatic N) is 3.